The maximum Gasteiger partial charge on any atom is 0.161 e. The summed E-state index contributed by atoms with van der Waals surface area (Å²) in [6, 6.07) is 9.84. The molecule has 1 atom stereocenters. The maximum absolute atomic E-state index is 6.42. The molecule has 1 aliphatic rings. The Bertz CT molecular complexity index is 718. The van der Waals surface area contributed by atoms with Crippen LogP contribution in [0.4, 0.5) is 0 Å². The molecule has 5 heteroatoms. The van der Waals surface area contributed by atoms with Gasteiger partial charge in [0.15, 0.2) is 11.5 Å². The van der Waals surface area contributed by atoms with Crippen molar-refractivity contribution in [2.24, 2.45) is 0 Å². The number of nitrogens with one attached hydrogen (secondary N) is 1. The molecule has 2 aromatic rings. The number of hydrogen-bond acceptors (Lipinski definition) is 3. The number of benzene rings is 2. The Labute approximate surface area is 146 Å². The van der Waals surface area contributed by atoms with Gasteiger partial charge in [0.25, 0.3) is 0 Å². The number of halogens is 2. The summed E-state index contributed by atoms with van der Waals surface area (Å²) in [4.78, 5) is 0. The van der Waals surface area contributed by atoms with Gasteiger partial charge in [-0.05, 0) is 48.2 Å². The first-order valence-electron chi connectivity index (χ1n) is 7.66. The van der Waals surface area contributed by atoms with E-state index in [1.54, 1.807) is 13.2 Å². The third-order valence-electron chi connectivity index (χ3n) is 4.07. The van der Waals surface area contributed by atoms with Gasteiger partial charge in [-0.15, -0.1) is 0 Å². The number of methoxy groups -OCH3 is 1. The molecular weight excluding hydrogens is 333 g/mol. The lowest BCUT2D eigenvalue weighted by Crippen LogP contribution is -2.31. The average Bonchev–Trinajstić information content (AvgIpc) is 2.57. The molecule has 0 amide bonds. The zero-order valence-electron chi connectivity index (χ0n) is 13.2. The zero-order chi connectivity index (χ0) is 16.4. The van der Waals surface area contributed by atoms with Crippen molar-refractivity contribution in [3.8, 4) is 11.5 Å². The van der Waals surface area contributed by atoms with Gasteiger partial charge >= 0.3 is 0 Å². The normalized spacial score (nSPS) is 16.8. The van der Waals surface area contributed by atoms with Crippen LogP contribution in [0.5, 0.6) is 11.5 Å². The summed E-state index contributed by atoms with van der Waals surface area (Å²) in [7, 11) is 1.66. The highest BCUT2D eigenvalue weighted by Gasteiger charge is 2.26. The molecule has 0 fully saturated rings. The molecule has 1 aliphatic heterocycles. The molecule has 23 heavy (non-hydrogen) atoms. The average molecular weight is 352 g/mol. The van der Waals surface area contributed by atoms with Gasteiger partial charge in [0.05, 0.1) is 29.8 Å². The van der Waals surface area contributed by atoms with Gasteiger partial charge in [-0.25, -0.2) is 0 Å². The van der Waals surface area contributed by atoms with Crippen LogP contribution in [0.25, 0.3) is 0 Å². The van der Waals surface area contributed by atoms with Crippen LogP contribution in [-0.4, -0.2) is 20.3 Å². The number of rotatable bonds is 4. The van der Waals surface area contributed by atoms with Crippen molar-refractivity contribution in [1.29, 1.82) is 0 Å². The SMILES string of the molecule is CCOc1cc2c(cc1OC)CCNC2c1cccc(Cl)c1Cl. The molecule has 3 rings (SSSR count). The van der Waals surface area contributed by atoms with Crippen molar-refractivity contribution in [1.82, 2.24) is 5.32 Å². The summed E-state index contributed by atoms with van der Waals surface area (Å²) in [6.45, 7) is 3.42. The summed E-state index contributed by atoms with van der Waals surface area (Å²) in [5.41, 5.74) is 3.38. The van der Waals surface area contributed by atoms with Crippen LogP contribution in [0, 0.1) is 0 Å². The molecule has 0 bridgehead atoms. The van der Waals surface area contributed by atoms with Gasteiger partial charge in [-0.1, -0.05) is 35.3 Å². The van der Waals surface area contributed by atoms with Crippen molar-refractivity contribution >= 4 is 23.2 Å². The van der Waals surface area contributed by atoms with Crippen molar-refractivity contribution in [2.75, 3.05) is 20.3 Å². The number of hydrogen-bond donors (Lipinski definition) is 1. The minimum Gasteiger partial charge on any atom is -0.493 e. The quantitative estimate of drug-likeness (QED) is 0.870. The predicted molar refractivity (Wildman–Crippen MR) is 94.2 cm³/mol. The lowest BCUT2D eigenvalue weighted by molar-refractivity contribution is 0.309. The van der Waals surface area contributed by atoms with E-state index in [1.807, 2.05) is 25.1 Å². The summed E-state index contributed by atoms with van der Waals surface area (Å²) in [6.07, 6.45) is 0.937. The maximum atomic E-state index is 6.42. The number of fused-ring (bicyclic) bond motifs is 1. The Morgan fingerprint density at radius 3 is 2.74 bits per heavy atom. The molecule has 1 N–H and O–H groups in total. The second-order valence-electron chi connectivity index (χ2n) is 5.42. The number of ether oxygens (including phenoxy) is 2. The highest BCUT2D eigenvalue weighted by Crippen LogP contribution is 2.40. The lowest BCUT2D eigenvalue weighted by Gasteiger charge is -2.29. The van der Waals surface area contributed by atoms with Crippen LogP contribution in [0.3, 0.4) is 0 Å². The molecule has 2 aromatic carbocycles. The van der Waals surface area contributed by atoms with Crippen molar-refractivity contribution < 1.29 is 9.47 Å². The van der Waals surface area contributed by atoms with Crippen LogP contribution >= 0.6 is 23.2 Å². The smallest absolute Gasteiger partial charge is 0.161 e. The minimum atomic E-state index is -0.00457. The van der Waals surface area contributed by atoms with Gasteiger partial charge in [0, 0.05) is 6.54 Å². The summed E-state index contributed by atoms with van der Waals surface area (Å²) in [5, 5.41) is 4.68. The van der Waals surface area contributed by atoms with E-state index in [9.17, 15) is 0 Å². The standard InChI is InChI=1S/C18H19Cl2NO2/c1-3-23-16-10-13-11(9-15(16)22-2)7-8-21-18(13)12-5-4-6-14(19)17(12)20/h4-6,9-10,18,21H,3,7-8H2,1-2H3. The minimum absolute atomic E-state index is 0.00457. The second kappa shape index (κ2) is 7.00. The zero-order valence-corrected chi connectivity index (χ0v) is 14.7. The Kier molecular flexibility index (Phi) is 5.00. The van der Waals surface area contributed by atoms with Crippen molar-refractivity contribution in [2.45, 2.75) is 19.4 Å². The third-order valence-corrected chi connectivity index (χ3v) is 4.91. The van der Waals surface area contributed by atoms with E-state index in [0.29, 0.717) is 16.7 Å². The van der Waals surface area contributed by atoms with Crippen LogP contribution in [0.1, 0.15) is 29.7 Å². The topological polar surface area (TPSA) is 30.5 Å². The first kappa shape index (κ1) is 16.4. The van der Waals surface area contributed by atoms with Crippen LogP contribution in [-0.2, 0) is 6.42 Å². The highest BCUT2D eigenvalue weighted by atomic mass is 35.5. The largest absolute Gasteiger partial charge is 0.493 e. The van der Waals surface area contributed by atoms with Crippen LogP contribution in [0.15, 0.2) is 30.3 Å². The molecule has 0 radical (unpaired) electrons. The Hall–Kier alpha value is -1.42. The third kappa shape index (κ3) is 3.14. The van der Waals surface area contributed by atoms with E-state index in [4.69, 9.17) is 32.7 Å². The fourth-order valence-electron chi connectivity index (χ4n) is 3.01. The van der Waals surface area contributed by atoms with Crippen molar-refractivity contribution in [3.63, 3.8) is 0 Å². The summed E-state index contributed by atoms with van der Waals surface area (Å²) in [5.74, 6) is 1.52. The Morgan fingerprint density at radius 2 is 2.00 bits per heavy atom. The molecule has 122 valence electrons. The van der Waals surface area contributed by atoms with E-state index in [-0.39, 0.29) is 6.04 Å². The molecule has 1 heterocycles. The first-order chi connectivity index (χ1) is 11.2. The molecule has 0 aliphatic carbocycles. The van der Waals surface area contributed by atoms with E-state index < -0.39 is 0 Å². The molecule has 0 spiro atoms. The van der Waals surface area contributed by atoms with E-state index in [0.717, 1.165) is 35.6 Å². The predicted octanol–water partition coefficient (Wildman–Crippen LogP) is 4.64. The molecule has 0 aromatic heterocycles. The monoisotopic (exact) mass is 351 g/mol. The summed E-state index contributed by atoms with van der Waals surface area (Å²) >= 11 is 12.6. The van der Waals surface area contributed by atoms with Gasteiger partial charge < -0.3 is 14.8 Å². The van der Waals surface area contributed by atoms with Gasteiger partial charge in [-0.3, -0.25) is 0 Å². The van der Waals surface area contributed by atoms with E-state index in [2.05, 4.69) is 11.4 Å². The molecule has 0 saturated heterocycles. The fraction of sp³-hybridized carbons (Fsp3) is 0.333. The lowest BCUT2D eigenvalue weighted by atomic mass is 9.89. The fourth-order valence-corrected chi connectivity index (χ4v) is 3.43. The van der Waals surface area contributed by atoms with E-state index >= 15 is 0 Å². The van der Waals surface area contributed by atoms with Crippen LogP contribution < -0.4 is 14.8 Å². The van der Waals surface area contributed by atoms with Gasteiger partial charge in [0.1, 0.15) is 0 Å². The Balaban J connectivity index is 2.11. The molecule has 0 saturated carbocycles. The highest BCUT2D eigenvalue weighted by molar-refractivity contribution is 6.42. The first-order valence-corrected chi connectivity index (χ1v) is 8.42. The van der Waals surface area contributed by atoms with Crippen LogP contribution in [0.2, 0.25) is 10.0 Å². The van der Waals surface area contributed by atoms with E-state index in [1.165, 1.54) is 5.56 Å². The van der Waals surface area contributed by atoms with Crippen molar-refractivity contribution in [3.05, 3.63) is 57.1 Å². The molecular formula is C18H19Cl2NO2. The second-order valence-corrected chi connectivity index (χ2v) is 6.20. The molecule has 3 nitrogen and oxygen atoms in total. The molecule has 1 unspecified atom stereocenters. The van der Waals surface area contributed by atoms with Gasteiger partial charge in [0.2, 0.25) is 0 Å². The van der Waals surface area contributed by atoms with Gasteiger partial charge in [-0.2, -0.15) is 0 Å². The Morgan fingerprint density at radius 1 is 1.17 bits per heavy atom. The summed E-state index contributed by atoms with van der Waals surface area (Å²) < 4.78 is 11.2.